The molecule has 0 aliphatic carbocycles. The van der Waals surface area contributed by atoms with Crippen LogP contribution in [0.15, 0.2) is 24.3 Å². The number of nitrogens with zero attached hydrogens (tertiary/aromatic N) is 1. The zero-order chi connectivity index (χ0) is 12.2. The summed E-state index contributed by atoms with van der Waals surface area (Å²) in [5.74, 6) is 0. The summed E-state index contributed by atoms with van der Waals surface area (Å²) >= 11 is 4.67. The lowest BCUT2D eigenvalue weighted by Crippen LogP contribution is -2.23. The van der Waals surface area contributed by atoms with Gasteiger partial charge in [0.2, 0.25) is 0 Å². The molecule has 1 rings (SSSR count). The van der Waals surface area contributed by atoms with Crippen LogP contribution in [0.2, 0.25) is 0 Å². The Balaban J connectivity index is 2.73. The fourth-order valence-corrected chi connectivity index (χ4v) is 1.12. The van der Waals surface area contributed by atoms with E-state index in [1.54, 1.807) is 6.19 Å². The molecule has 0 fully saturated rings. The van der Waals surface area contributed by atoms with Crippen molar-refractivity contribution in [3.63, 3.8) is 0 Å². The number of nitrogens with one attached hydrogen (secondary N) is 2. The molecule has 84 valence electrons. The van der Waals surface area contributed by atoms with Crippen molar-refractivity contribution in [3.8, 4) is 6.19 Å². The van der Waals surface area contributed by atoms with Crippen LogP contribution in [0, 0.1) is 11.5 Å². The van der Waals surface area contributed by atoms with Crippen LogP contribution in [0.1, 0.15) is 5.56 Å². The van der Waals surface area contributed by atoms with E-state index in [1.165, 1.54) is 12.1 Å². The topological polar surface area (TPSA) is 47.9 Å². The van der Waals surface area contributed by atoms with Crippen LogP contribution in [0.25, 0.3) is 0 Å². The monoisotopic (exact) mass is 245 g/mol. The normalized spacial score (nSPS) is 10.4. The fraction of sp³-hybridized carbons (Fsp3) is 0.111. The van der Waals surface area contributed by atoms with Gasteiger partial charge in [-0.05, 0) is 36.5 Å². The summed E-state index contributed by atoms with van der Waals surface area (Å²) < 4.78 is 36.6. The Bertz CT molecular complexity index is 419. The lowest BCUT2D eigenvalue weighted by molar-refractivity contribution is -0.137. The maximum atomic E-state index is 12.2. The highest BCUT2D eigenvalue weighted by Gasteiger charge is 2.29. The number of thiocarbonyl (C=S) groups is 1. The molecule has 3 nitrogen and oxygen atoms in total. The summed E-state index contributed by atoms with van der Waals surface area (Å²) in [6.07, 6.45) is -2.77. The lowest BCUT2D eigenvalue weighted by Gasteiger charge is -2.08. The van der Waals surface area contributed by atoms with Crippen LogP contribution in [-0.4, -0.2) is 5.11 Å². The van der Waals surface area contributed by atoms with Gasteiger partial charge in [0.1, 0.15) is 0 Å². The molecule has 0 bridgehead atoms. The second-order valence-corrected chi connectivity index (χ2v) is 3.17. The van der Waals surface area contributed by atoms with Gasteiger partial charge in [0, 0.05) is 5.69 Å². The van der Waals surface area contributed by atoms with E-state index in [2.05, 4.69) is 22.9 Å². The first-order valence-electron chi connectivity index (χ1n) is 4.07. The lowest BCUT2D eigenvalue weighted by atomic mass is 10.2. The Morgan fingerprint density at radius 2 is 1.81 bits per heavy atom. The summed E-state index contributed by atoms with van der Waals surface area (Å²) in [5, 5.41) is 13.0. The molecule has 0 aliphatic heterocycles. The first-order valence-corrected chi connectivity index (χ1v) is 4.47. The Morgan fingerprint density at radius 1 is 1.25 bits per heavy atom. The summed E-state index contributed by atoms with van der Waals surface area (Å²) in [6.45, 7) is 0. The third-order valence-electron chi connectivity index (χ3n) is 1.64. The Kier molecular flexibility index (Phi) is 3.68. The Hall–Kier alpha value is -1.81. The number of hydrogen-bond acceptors (Lipinski definition) is 2. The SMILES string of the molecule is N#CNC(=S)Nc1ccc(C(F)(F)F)cc1. The van der Waals surface area contributed by atoms with E-state index in [4.69, 9.17) is 5.26 Å². The predicted octanol–water partition coefficient (Wildman–Crippen LogP) is 2.47. The van der Waals surface area contributed by atoms with Gasteiger partial charge in [-0.2, -0.15) is 18.4 Å². The second-order valence-electron chi connectivity index (χ2n) is 2.77. The molecule has 1 aromatic carbocycles. The summed E-state index contributed by atoms with van der Waals surface area (Å²) in [5.41, 5.74) is -0.363. The van der Waals surface area contributed by atoms with Gasteiger partial charge in [0.05, 0.1) is 5.56 Å². The molecule has 0 saturated carbocycles. The second kappa shape index (κ2) is 4.81. The van der Waals surface area contributed by atoms with Gasteiger partial charge in [-0.3, -0.25) is 5.32 Å². The van der Waals surface area contributed by atoms with E-state index in [0.717, 1.165) is 12.1 Å². The molecular formula is C9H6F3N3S. The molecule has 0 amide bonds. The number of anilines is 1. The van der Waals surface area contributed by atoms with Crippen molar-refractivity contribution in [2.75, 3.05) is 5.32 Å². The van der Waals surface area contributed by atoms with Crippen LogP contribution < -0.4 is 10.6 Å². The zero-order valence-electron chi connectivity index (χ0n) is 7.80. The average molecular weight is 245 g/mol. The highest BCUT2D eigenvalue weighted by Crippen LogP contribution is 2.29. The number of rotatable bonds is 1. The number of hydrogen-bond donors (Lipinski definition) is 2. The largest absolute Gasteiger partial charge is 0.416 e. The molecule has 2 N–H and O–H groups in total. The summed E-state index contributed by atoms with van der Waals surface area (Å²) in [4.78, 5) is 0. The first-order chi connectivity index (χ1) is 7.43. The standard InChI is InChI=1S/C9H6F3N3S/c10-9(11,12)6-1-3-7(4-2-6)15-8(16)14-5-13/h1-4H,(H2,14,15,16). The molecule has 0 unspecified atom stereocenters. The van der Waals surface area contributed by atoms with Crippen molar-refractivity contribution in [3.05, 3.63) is 29.8 Å². The molecule has 7 heteroatoms. The minimum atomic E-state index is -4.36. The van der Waals surface area contributed by atoms with Crippen molar-refractivity contribution >= 4 is 23.0 Å². The van der Waals surface area contributed by atoms with Crippen molar-refractivity contribution in [2.24, 2.45) is 0 Å². The molecular weight excluding hydrogens is 239 g/mol. The van der Waals surface area contributed by atoms with Crippen molar-refractivity contribution in [1.29, 1.82) is 5.26 Å². The van der Waals surface area contributed by atoms with Gasteiger partial charge in [-0.1, -0.05) is 0 Å². The van der Waals surface area contributed by atoms with Crippen LogP contribution in [0.3, 0.4) is 0 Å². The summed E-state index contributed by atoms with van der Waals surface area (Å²) in [7, 11) is 0. The maximum Gasteiger partial charge on any atom is 0.416 e. The number of alkyl halides is 3. The van der Waals surface area contributed by atoms with Crippen LogP contribution in [0.5, 0.6) is 0 Å². The average Bonchev–Trinajstić information content (AvgIpc) is 2.17. The molecule has 0 aliphatic rings. The Morgan fingerprint density at radius 3 is 2.25 bits per heavy atom. The van der Waals surface area contributed by atoms with Crippen molar-refractivity contribution in [1.82, 2.24) is 5.32 Å². The van der Waals surface area contributed by atoms with E-state index < -0.39 is 11.7 Å². The van der Waals surface area contributed by atoms with E-state index in [1.807, 2.05) is 0 Å². The van der Waals surface area contributed by atoms with E-state index in [-0.39, 0.29) is 5.11 Å². The van der Waals surface area contributed by atoms with E-state index in [9.17, 15) is 13.2 Å². The zero-order valence-corrected chi connectivity index (χ0v) is 8.62. The van der Waals surface area contributed by atoms with Gasteiger partial charge in [-0.25, -0.2) is 0 Å². The number of nitriles is 1. The van der Waals surface area contributed by atoms with Gasteiger partial charge in [-0.15, -0.1) is 0 Å². The smallest absolute Gasteiger partial charge is 0.332 e. The van der Waals surface area contributed by atoms with Crippen molar-refractivity contribution in [2.45, 2.75) is 6.18 Å². The molecule has 0 aromatic heterocycles. The van der Waals surface area contributed by atoms with E-state index in [0.29, 0.717) is 5.69 Å². The predicted molar refractivity (Wildman–Crippen MR) is 56.4 cm³/mol. The van der Waals surface area contributed by atoms with Crippen LogP contribution >= 0.6 is 12.2 Å². The van der Waals surface area contributed by atoms with Gasteiger partial charge in [0.15, 0.2) is 11.3 Å². The van der Waals surface area contributed by atoms with Crippen LogP contribution in [0.4, 0.5) is 18.9 Å². The third-order valence-corrected chi connectivity index (χ3v) is 1.84. The molecule has 16 heavy (non-hydrogen) atoms. The molecule has 0 atom stereocenters. The first kappa shape index (κ1) is 12.3. The highest BCUT2D eigenvalue weighted by atomic mass is 32.1. The Labute approximate surface area is 94.9 Å². The molecule has 0 saturated heterocycles. The van der Waals surface area contributed by atoms with Gasteiger partial charge >= 0.3 is 6.18 Å². The molecule has 0 radical (unpaired) electrons. The van der Waals surface area contributed by atoms with Crippen molar-refractivity contribution < 1.29 is 13.2 Å². The van der Waals surface area contributed by atoms with Crippen LogP contribution in [-0.2, 0) is 6.18 Å². The minimum Gasteiger partial charge on any atom is -0.332 e. The fourth-order valence-electron chi connectivity index (χ4n) is 0.956. The third kappa shape index (κ3) is 3.40. The maximum absolute atomic E-state index is 12.2. The van der Waals surface area contributed by atoms with E-state index >= 15 is 0 Å². The quantitative estimate of drug-likeness (QED) is 0.453. The molecule has 1 aromatic rings. The molecule has 0 heterocycles. The minimum absolute atomic E-state index is 0.0299. The summed E-state index contributed by atoms with van der Waals surface area (Å²) in [6, 6.07) is 4.32. The van der Waals surface area contributed by atoms with Gasteiger partial charge in [0.25, 0.3) is 0 Å². The highest BCUT2D eigenvalue weighted by molar-refractivity contribution is 7.80. The molecule has 0 spiro atoms. The number of halogens is 3. The van der Waals surface area contributed by atoms with Gasteiger partial charge < -0.3 is 5.32 Å². The number of benzene rings is 1.